The lowest BCUT2D eigenvalue weighted by Gasteiger charge is -2.31. The predicted octanol–water partition coefficient (Wildman–Crippen LogP) is 0.0544. The molecule has 1 atom stereocenters. The van der Waals surface area contributed by atoms with Gasteiger partial charge in [-0.05, 0) is 19.8 Å². The number of likely N-dealkylation sites (tertiary alicyclic amines) is 1. The van der Waals surface area contributed by atoms with Crippen LogP contribution in [0.15, 0.2) is 0 Å². The van der Waals surface area contributed by atoms with Gasteiger partial charge in [0.2, 0.25) is 0 Å². The molecule has 0 aliphatic carbocycles. The van der Waals surface area contributed by atoms with E-state index in [0.29, 0.717) is 12.6 Å². The summed E-state index contributed by atoms with van der Waals surface area (Å²) in [5.41, 5.74) is 0. The van der Waals surface area contributed by atoms with Gasteiger partial charge < -0.3 is 10.4 Å². The molecule has 0 bridgehead atoms. The zero-order valence-corrected chi connectivity index (χ0v) is 8.87. The first-order valence-electron chi connectivity index (χ1n) is 5.29. The maximum atomic E-state index is 9.12. The van der Waals surface area contributed by atoms with Gasteiger partial charge in [0, 0.05) is 25.7 Å². The van der Waals surface area contributed by atoms with Gasteiger partial charge in [-0.3, -0.25) is 4.90 Å². The van der Waals surface area contributed by atoms with Crippen molar-refractivity contribution in [3.05, 3.63) is 0 Å². The summed E-state index contributed by atoms with van der Waals surface area (Å²) in [6.07, 6.45) is 7.27. The fourth-order valence-corrected chi connectivity index (χ4v) is 1.76. The van der Waals surface area contributed by atoms with Crippen molar-refractivity contribution >= 4 is 0 Å². The molecule has 3 nitrogen and oxygen atoms in total. The third-order valence-electron chi connectivity index (χ3n) is 2.60. The minimum Gasteiger partial charge on any atom is -0.392 e. The van der Waals surface area contributed by atoms with E-state index in [0.717, 1.165) is 32.5 Å². The van der Waals surface area contributed by atoms with Crippen LogP contribution in [0.5, 0.6) is 0 Å². The van der Waals surface area contributed by atoms with E-state index < -0.39 is 0 Å². The number of nitrogens with one attached hydrogen (secondary N) is 1. The number of aliphatic hydroxyl groups excluding tert-OH is 1. The summed E-state index contributed by atoms with van der Waals surface area (Å²) in [7, 11) is 0. The van der Waals surface area contributed by atoms with Crippen LogP contribution in [0.1, 0.15) is 19.8 Å². The largest absolute Gasteiger partial charge is 0.392 e. The van der Waals surface area contributed by atoms with Crippen molar-refractivity contribution in [1.82, 2.24) is 10.2 Å². The van der Waals surface area contributed by atoms with E-state index in [1.165, 1.54) is 0 Å². The minimum atomic E-state index is -0.251. The predicted molar refractivity (Wildman–Crippen MR) is 58.0 cm³/mol. The fourth-order valence-electron chi connectivity index (χ4n) is 1.76. The van der Waals surface area contributed by atoms with E-state index >= 15 is 0 Å². The molecule has 14 heavy (non-hydrogen) atoms. The SMILES string of the molecule is C#CCN1CCC(NCC(C)O)CC1. The van der Waals surface area contributed by atoms with Gasteiger partial charge >= 0.3 is 0 Å². The van der Waals surface area contributed by atoms with Gasteiger partial charge in [0.05, 0.1) is 12.6 Å². The molecule has 1 fully saturated rings. The first kappa shape index (κ1) is 11.5. The Labute approximate surface area is 86.5 Å². The lowest BCUT2D eigenvalue weighted by Crippen LogP contribution is -2.44. The van der Waals surface area contributed by atoms with E-state index in [2.05, 4.69) is 16.1 Å². The number of terminal acetylenes is 1. The molecule has 80 valence electrons. The molecule has 0 aromatic heterocycles. The molecule has 2 N–H and O–H groups in total. The summed E-state index contributed by atoms with van der Waals surface area (Å²) in [5.74, 6) is 2.67. The van der Waals surface area contributed by atoms with Crippen LogP contribution >= 0.6 is 0 Å². The molecule has 0 amide bonds. The minimum absolute atomic E-state index is 0.251. The van der Waals surface area contributed by atoms with Gasteiger partial charge in [-0.25, -0.2) is 0 Å². The number of hydrogen-bond donors (Lipinski definition) is 2. The average molecular weight is 196 g/mol. The fraction of sp³-hybridized carbons (Fsp3) is 0.818. The van der Waals surface area contributed by atoms with E-state index in [1.807, 2.05) is 0 Å². The van der Waals surface area contributed by atoms with Crippen LogP contribution in [-0.2, 0) is 0 Å². The lowest BCUT2D eigenvalue weighted by atomic mass is 10.1. The standard InChI is InChI=1S/C11H20N2O/c1-3-6-13-7-4-11(5-8-13)12-9-10(2)14/h1,10-12,14H,4-9H2,2H3. The topological polar surface area (TPSA) is 35.5 Å². The van der Waals surface area contributed by atoms with Gasteiger partial charge in [0.15, 0.2) is 0 Å². The van der Waals surface area contributed by atoms with Crippen LogP contribution in [0.2, 0.25) is 0 Å². The zero-order valence-electron chi connectivity index (χ0n) is 8.87. The van der Waals surface area contributed by atoms with Gasteiger partial charge in [-0.1, -0.05) is 5.92 Å². The molecule has 0 saturated carbocycles. The summed E-state index contributed by atoms with van der Waals surface area (Å²) in [5, 5.41) is 12.5. The van der Waals surface area contributed by atoms with Crippen LogP contribution in [-0.4, -0.2) is 48.3 Å². The third-order valence-corrected chi connectivity index (χ3v) is 2.60. The van der Waals surface area contributed by atoms with Gasteiger partial charge in [-0.15, -0.1) is 6.42 Å². The molecule has 0 radical (unpaired) electrons. The molecule has 3 heteroatoms. The van der Waals surface area contributed by atoms with Crippen molar-refractivity contribution in [2.45, 2.75) is 31.9 Å². The summed E-state index contributed by atoms with van der Waals surface area (Å²) >= 11 is 0. The van der Waals surface area contributed by atoms with Gasteiger partial charge in [0.1, 0.15) is 0 Å². The Morgan fingerprint density at radius 2 is 2.21 bits per heavy atom. The Bertz CT molecular complexity index is 190. The quantitative estimate of drug-likeness (QED) is 0.624. The number of nitrogens with zero attached hydrogens (tertiary/aromatic N) is 1. The van der Waals surface area contributed by atoms with Crippen LogP contribution in [0.3, 0.4) is 0 Å². The zero-order chi connectivity index (χ0) is 10.4. The van der Waals surface area contributed by atoms with Crippen molar-refractivity contribution in [3.63, 3.8) is 0 Å². The third kappa shape index (κ3) is 4.10. The number of hydrogen-bond acceptors (Lipinski definition) is 3. The number of piperidine rings is 1. The van der Waals surface area contributed by atoms with E-state index in [4.69, 9.17) is 11.5 Å². The maximum Gasteiger partial charge on any atom is 0.0636 e. The van der Waals surface area contributed by atoms with Crippen LogP contribution in [0, 0.1) is 12.3 Å². The Morgan fingerprint density at radius 1 is 1.57 bits per heavy atom. The van der Waals surface area contributed by atoms with Crippen molar-refractivity contribution in [3.8, 4) is 12.3 Å². The Balaban J connectivity index is 2.13. The van der Waals surface area contributed by atoms with Gasteiger partial charge in [0.25, 0.3) is 0 Å². The highest BCUT2D eigenvalue weighted by molar-refractivity contribution is 4.90. The summed E-state index contributed by atoms with van der Waals surface area (Å²) in [6.45, 7) is 5.41. The maximum absolute atomic E-state index is 9.12. The van der Waals surface area contributed by atoms with Crippen LogP contribution < -0.4 is 5.32 Å². The average Bonchev–Trinajstić information content (AvgIpc) is 2.17. The molecular weight excluding hydrogens is 176 g/mol. The van der Waals surface area contributed by atoms with Crippen molar-refractivity contribution in [2.75, 3.05) is 26.2 Å². The van der Waals surface area contributed by atoms with E-state index in [9.17, 15) is 0 Å². The van der Waals surface area contributed by atoms with Crippen molar-refractivity contribution in [2.24, 2.45) is 0 Å². The number of aliphatic hydroxyl groups is 1. The normalized spacial score (nSPS) is 21.8. The van der Waals surface area contributed by atoms with Crippen molar-refractivity contribution < 1.29 is 5.11 Å². The van der Waals surface area contributed by atoms with Crippen LogP contribution in [0.25, 0.3) is 0 Å². The smallest absolute Gasteiger partial charge is 0.0636 e. The van der Waals surface area contributed by atoms with E-state index in [1.54, 1.807) is 6.92 Å². The molecule has 0 spiro atoms. The highest BCUT2D eigenvalue weighted by Gasteiger charge is 2.17. The summed E-state index contributed by atoms with van der Waals surface area (Å²) in [6, 6.07) is 0.554. The summed E-state index contributed by atoms with van der Waals surface area (Å²) < 4.78 is 0. The highest BCUT2D eigenvalue weighted by Crippen LogP contribution is 2.09. The molecule has 0 aromatic carbocycles. The molecule has 1 aliphatic rings. The second-order valence-corrected chi connectivity index (χ2v) is 4.01. The Kier molecular flexibility index (Phi) is 4.95. The lowest BCUT2D eigenvalue weighted by molar-refractivity contribution is 0.167. The first-order valence-corrected chi connectivity index (χ1v) is 5.29. The molecule has 1 unspecified atom stereocenters. The Morgan fingerprint density at radius 3 is 2.71 bits per heavy atom. The molecule has 1 rings (SSSR count). The van der Waals surface area contributed by atoms with E-state index in [-0.39, 0.29) is 6.10 Å². The van der Waals surface area contributed by atoms with Crippen molar-refractivity contribution in [1.29, 1.82) is 0 Å². The Hall–Kier alpha value is -0.560. The molecule has 1 saturated heterocycles. The highest BCUT2D eigenvalue weighted by atomic mass is 16.3. The van der Waals surface area contributed by atoms with Crippen LogP contribution in [0.4, 0.5) is 0 Å². The summed E-state index contributed by atoms with van der Waals surface area (Å²) in [4.78, 5) is 2.29. The second-order valence-electron chi connectivity index (χ2n) is 4.01. The molecular formula is C11H20N2O. The monoisotopic (exact) mass is 196 g/mol. The first-order chi connectivity index (χ1) is 6.72. The van der Waals surface area contributed by atoms with Gasteiger partial charge in [-0.2, -0.15) is 0 Å². The number of rotatable bonds is 4. The molecule has 0 aromatic rings. The molecule has 1 heterocycles. The molecule has 1 aliphatic heterocycles. The second kappa shape index (κ2) is 6.02.